The molecule has 1 atom stereocenters. The number of carboxylic acid groups (broad SMARTS) is 1. The third kappa shape index (κ3) is 4.56. The smallest absolute Gasteiger partial charge is 0.326 e. The zero-order valence-electron chi connectivity index (χ0n) is 12.3. The SMILES string of the molecule is CC(C)C[C@@H](NC(=O)N(C)Cc1nccn1C)C(=O)O. The molecule has 0 saturated carbocycles. The van der Waals surface area contributed by atoms with Gasteiger partial charge in [0.15, 0.2) is 0 Å². The van der Waals surface area contributed by atoms with Gasteiger partial charge in [-0.2, -0.15) is 0 Å². The molecular weight excluding hydrogens is 260 g/mol. The molecule has 0 fully saturated rings. The molecule has 112 valence electrons. The van der Waals surface area contributed by atoms with Crippen LogP contribution in [0.4, 0.5) is 4.79 Å². The van der Waals surface area contributed by atoms with E-state index in [0.717, 1.165) is 5.82 Å². The number of aromatic nitrogens is 2. The Hall–Kier alpha value is -2.05. The lowest BCUT2D eigenvalue weighted by Gasteiger charge is -2.22. The second-order valence-electron chi connectivity index (χ2n) is 5.28. The van der Waals surface area contributed by atoms with Gasteiger partial charge in [-0.3, -0.25) is 0 Å². The van der Waals surface area contributed by atoms with Crippen molar-refractivity contribution in [3.8, 4) is 0 Å². The summed E-state index contributed by atoms with van der Waals surface area (Å²) in [6.07, 6.45) is 3.84. The largest absolute Gasteiger partial charge is 0.480 e. The number of carbonyl (C=O) groups excluding carboxylic acids is 1. The minimum absolute atomic E-state index is 0.191. The van der Waals surface area contributed by atoms with E-state index in [4.69, 9.17) is 5.11 Å². The van der Waals surface area contributed by atoms with Gasteiger partial charge in [0.25, 0.3) is 0 Å². The maximum atomic E-state index is 12.0. The summed E-state index contributed by atoms with van der Waals surface area (Å²) in [6.45, 7) is 4.16. The molecule has 1 heterocycles. The highest BCUT2D eigenvalue weighted by atomic mass is 16.4. The highest BCUT2D eigenvalue weighted by molar-refractivity contribution is 5.82. The van der Waals surface area contributed by atoms with E-state index >= 15 is 0 Å². The Morgan fingerprint density at radius 2 is 2.15 bits per heavy atom. The van der Waals surface area contributed by atoms with Gasteiger partial charge < -0.3 is 19.9 Å². The molecule has 0 aromatic carbocycles. The predicted molar refractivity (Wildman–Crippen MR) is 74.1 cm³/mol. The first-order valence-corrected chi connectivity index (χ1v) is 6.52. The summed E-state index contributed by atoms with van der Waals surface area (Å²) in [7, 11) is 3.45. The number of nitrogens with one attached hydrogen (secondary N) is 1. The van der Waals surface area contributed by atoms with E-state index in [9.17, 15) is 9.59 Å². The van der Waals surface area contributed by atoms with Gasteiger partial charge in [-0.25, -0.2) is 14.6 Å². The van der Waals surface area contributed by atoms with Crippen molar-refractivity contribution in [2.45, 2.75) is 32.9 Å². The van der Waals surface area contributed by atoms with Crippen molar-refractivity contribution >= 4 is 12.0 Å². The van der Waals surface area contributed by atoms with Crippen LogP contribution < -0.4 is 5.32 Å². The lowest BCUT2D eigenvalue weighted by Crippen LogP contribution is -2.47. The van der Waals surface area contributed by atoms with E-state index < -0.39 is 18.0 Å². The summed E-state index contributed by atoms with van der Waals surface area (Å²) in [5.74, 6) is -0.0907. The Kier molecular flexibility index (Phi) is 5.54. The van der Waals surface area contributed by atoms with Crippen LogP contribution in [-0.4, -0.2) is 44.6 Å². The number of urea groups is 1. The van der Waals surface area contributed by atoms with Crippen LogP contribution in [0.1, 0.15) is 26.1 Å². The van der Waals surface area contributed by atoms with Crippen molar-refractivity contribution in [2.75, 3.05) is 7.05 Å². The lowest BCUT2D eigenvalue weighted by atomic mass is 10.0. The predicted octanol–water partition coefficient (Wildman–Crippen LogP) is 1.06. The van der Waals surface area contributed by atoms with Gasteiger partial charge >= 0.3 is 12.0 Å². The molecule has 0 saturated heterocycles. The summed E-state index contributed by atoms with van der Waals surface area (Å²) < 4.78 is 1.81. The van der Waals surface area contributed by atoms with Crippen LogP contribution in [0.15, 0.2) is 12.4 Å². The third-order valence-electron chi connectivity index (χ3n) is 2.95. The summed E-state index contributed by atoms with van der Waals surface area (Å²) in [6, 6.07) is -1.28. The molecule has 1 aromatic heterocycles. The molecule has 0 spiro atoms. The Balaban J connectivity index is 2.59. The van der Waals surface area contributed by atoms with Crippen LogP contribution >= 0.6 is 0 Å². The molecule has 7 nitrogen and oxygen atoms in total. The van der Waals surface area contributed by atoms with Gasteiger partial charge in [0.1, 0.15) is 11.9 Å². The van der Waals surface area contributed by atoms with Crippen molar-refractivity contribution in [2.24, 2.45) is 13.0 Å². The number of nitrogens with zero attached hydrogens (tertiary/aromatic N) is 3. The van der Waals surface area contributed by atoms with Gasteiger partial charge in [-0.1, -0.05) is 13.8 Å². The zero-order chi connectivity index (χ0) is 15.3. The first kappa shape index (κ1) is 16.0. The molecule has 0 aliphatic rings. The van der Waals surface area contributed by atoms with Crippen molar-refractivity contribution < 1.29 is 14.7 Å². The number of aryl methyl sites for hydroxylation is 1. The van der Waals surface area contributed by atoms with Crippen molar-refractivity contribution in [3.05, 3.63) is 18.2 Å². The van der Waals surface area contributed by atoms with Crippen LogP contribution in [0.25, 0.3) is 0 Å². The van der Waals surface area contributed by atoms with Gasteiger partial charge in [-0.15, -0.1) is 0 Å². The average molecular weight is 282 g/mol. The first-order valence-electron chi connectivity index (χ1n) is 6.52. The van der Waals surface area contributed by atoms with Crippen molar-refractivity contribution in [3.63, 3.8) is 0 Å². The maximum absolute atomic E-state index is 12.0. The normalized spacial score (nSPS) is 12.2. The maximum Gasteiger partial charge on any atom is 0.326 e. The fraction of sp³-hybridized carbons (Fsp3) is 0.615. The number of aliphatic carboxylic acids is 1. The van der Waals surface area contributed by atoms with E-state index in [2.05, 4.69) is 10.3 Å². The zero-order valence-corrected chi connectivity index (χ0v) is 12.3. The van der Waals surface area contributed by atoms with Crippen LogP contribution in [0.3, 0.4) is 0 Å². The molecular formula is C13H22N4O3. The van der Waals surface area contributed by atoms with Gasteiger partial charge in [-0.05, 0) is 12.3 Å². The monoisotopic (exact) mass is 282 g/mol. The van der Waals surface area contributed by atoms with E-state index in [1.54, 1.807) is 19.4 Å². The fourth-order valence-electron chi connectivity index (χ4n) is 1.78. The van der Waals surface area contributed by atoms with Crippen molar-refractivity contribution in [1.29, 1.82) is 0 Å². The van der Waals surface area contributed by atoms with Gasteiger partial charge in [0.05, 0.1) is 6.54 Å². The first-order chi connectivity index (χ1) is 9.31. The molecule has 20 heavy (non-hydrogen) atoms. The third-order valence-corrected chi connectivity index (χ3v) is 2.95. The molecule has 7 heteroatoms. The van der Waals surface area contributed by atoms with Crippen molar-refractivity contribution in [1.82, 2.24) is 19.8 Å². The second kappa shape index (κ2) is 6.93. The molecule has 0 aliphatic heterocycles. The Morgan fingerprint density at radius 3 is 2.60 bits per heavy atom. The molecule has 0 radical (unpaired) electrons. The van der Waals surface area contributed by atoms with E-state index in [1.165, 1.54) is 4.90 Å². The minimum Gasteiger partial charge on any atom is -0.480 e. The Bertz CT molecular complexity index is 470. The number of carbonyl (C=O) groups is 2. The molecule has 0 aliphatic carbocycles. The lowest BCUT2D eigenvalue weighted by molar-refractivity contribution is -0.139. The number of hydrogen-bond donors (Lipinski definition) is 2. The summed E-state index contributed by atoms with van der Waals surface area (Å²) in [5, 5.41) is 11.6. The molecule has 2 amide bonds. The number of rotatable bonds is 6. The Morgan fingerprint density at radius 1 is 1.50 bits per heavy atom. The molecule has 1 rings (SSSR count). The summed E-state index contributed by atoms with van der Waals surface area (Å²) in [4.78, 5) is 28.6. The van der Waals surface area contributed by atoms with E-state index in [0.29, 0.717) is 13.0 Å². The number of amides is 2. The fourth-order valence-corrected chi connectivity index (χ4v) is 1.78. The minimum atomic E-state index is -1.02. The molecule has 2 N–H and O–H groups in total. The number of carboxylic acids is 1. The summed E-state index contributed by atoms with van der Waals surface area (Å²) >= 11 is 0. The van der Waals surface area contributed by atoms with E-state index in [1.807, 2.05) is 25.5 Å². The van der Waals surface area contributed by atoms with Crippen LogP contribution in [0, 0.1) is 5.92 Å². The highest BCUT2D eigenvalue weighted by Crippen LogP contribution is 2.06. The number of imidazole rings is 1. The molecule has 0 unspecified atom stereocenters. The Labute approximate surface area is 118 Å². The molecule has 0 bridgehead atoms. The number of hydrogen-bond acceptors (Lipinski definition) is 3. The van der Waals surface area contributed by atoms with E-state index in [-0.39, 0.29) is 5.92 Å². The quantitative estimate of drug-likeness (QED) is 0.816. The van der Waals surface area contributed by atoms with Gasteiger partial charge in [0.2, 0.25) is 0 Å². The highest BCUT2D eigenvalue weighted by Gasteiger charge is 2.23. The summed E-state index contributed by atoms with van der Waals surface area (Å²) in [5.41, 5.74) is 0. The van der Waals surface area contributed by atoms with Gasteiger partial charge in [0, 0.05) is 26.5 Å². The topological polar surface area (TPSA) is 87.5 Å². The average Bonchev–Trinajstić information content (AvgIpc) is 2.73. The molecule has 1 aromatic rings. The van der Waals surface area contributed by atoms with Crippen LogP contribution in [-0.2, 0) is 18.4 Å². The standard InChI is InChI=1S/C13H22N4O3/c1-9(2)7-10(12(18)19)15-13(20)17(4)8-11-14-5-6-16(11)3/h5-6,9-10H,7-8H2,1-4H3,(H,15,20)(H,18,19)/t10-/m1/s1. The van der Waals surface area contributed by atoms with Crippen LogP contribution in [0.5, 0.6) is 0 Å². The van der Waals surface area contributed by atoms with Crippen LogP contribution in [0.2, 0.25) is 0 Å². The second-order valence-corrected chi connectivity index (χ2v) is 5.28.